The van der Waals surface area contributed by atoms with Gasteiger partial charge < -0.3 is 14.6 Å². The van der Waals surface area contributed by atoms with Gasteiger partial charge in [-0.15, -0.1) is 0 Å². The van der Waals surface area contributed by atoms with Gasteiger partial charge in [-0.2, -0.15) is 0 Å². The van der Waals surface area contributed by atoms with Crippen LogP contribution in [0.25, 0.3) is 0 Å². The van der Waals surface area contributed by atoms with E-state index in [0.717, 1.165) is 12.0 Å². The molecule has 1 aliphatic heterocycles. The van der Waals surface area contributed by atoms with Crippen LogP contribution in [-0.4, -0.2) is 49.4 Å². The Hall–Kier alpha value is -1.01. The molecule has 0 amide bonds. The predicted octanol–water partition coefficient (Wildman–Crippen LogP) is 2.75. The molecule has 23 heavy (non-hydrogen) atoms. The summed E-state index contributed by atoms with van der Waals surface area (Å²) in [6.07, 6.45) is 1.40. The molecule has 5 nitrogen and oxygen atoms in total. The summed E-state index contributed by atoms with van der Waals surface area (Å²) in [6.45, 7) is 1.27. The lowest BCUT2D eigenvalue weighted by molar-refractivity contribution is -0.149. The maximum atomic E-state index is 12.1. The smallest absolute Gasteiger partial charge is 0.323 e. The van der Waals surface area contributed by atoms with Crippen molar-refractivity contribution in [3.05, 3.63) is 27.7 Å². The van der Waals surface area contributed by atoms with Crippen LogP contribution in [0.4, 0.5) is 0 Å². The lowest BCUT2D eigenvalue weighted by Crippen LogP contribution is -2.47. The van der Waals surface area contributed by atoms with E-state index in [0.29, 0.717) is 35.3 Å². The van der Waals surface area contributed by atoms with E-state index in [1.54, 1.807) is 19.2 Å². The molecule has 0 aliphatic carbocycles. The van der Waals surface area contributed by atoms with Gasteiger partial charge >= 0.3 is 5.97 Å². The number of aliphatic hydroxyl groups excluding tert-OH is 1. The van der Waals surface area contributed by atoms with Gasteiger partial charge in [-0.05, 0) is 31.4 Å². The van der Waals surface area contributed by atoms with Crippen LogP contribution in [-0.2, 0) is 16.1 Å². The summed E-state index contributed by atoms with van der Waals surface area (Å²) in [5.41, 5.74) is 0.859. The second-order valence-electron chi connectivity index (χ2n) is 5.66. The van der Waals surface area contributed by atoms with E-state index < -0.39 is 0 Å². The van der Waals surface area contributed by atoms with E-state index in [1.807, 2.05) is 4.90 Å². The van der Waals surface area contributed by atoms with Crippen LogP contribution < -0.4 is 4.74 Å². The van der Waals surface area contributed by atoms with E-state index in [2.05, 4.69) is 0 Å². The van der Waals surface area contributed by atoms with Crippen LogP contribution >= 0.6 is 23.2 Å². The van der Waals surface area contributed by atoms with Gasteiger partial charge in [-0.3, -0.25) is 9.69 Å². The molecule has 0 spiro atoms. The Morgan fingerprint density at radius 2 is 2.04 bits per heavy atom. The minimum Gasteiger partial charge on any atom is -0.496 e. The number of halogens is 2. The number of hydrogen-bond donors (Lipinski definition) is 1. The molecule has 2 rings (SSSR count). The highest BCUT2D eigenvalue weighted by molar-refractivity contribution is 6.42. The Morgan fingerprint density at radius 1 is 1.35 bits per heavy atom. The average Bonchev–Trinajstić information content (AvgIpc) is 2.57. The molecule has 0 aromatic heterocycles. The molecule has 1 aromatic carbocycles. The summed E-state index contributed by atoms with van der Waals surface area (Å²) in [6, 6.07) is 3.05. The van der Waals surface area contributed by atoms with Gasteiger partial charge in [-0.25, -0.2) is 0 Å². The first-order chi connectivity index (χ1) is 11.0. The zero-order chi connectivity index (χ0) is 17.0. The number of aliphatic hydroxyl groups is 1. The number of methoxy groups -OCH3 is 2. The van der Waals surface area contributed by atoms with Crippen LogP contribution in [0.3, 0.4) is 0 Å². The van der Waals surface area contributed by atoms with Crippen molar-refractivity contribution in [2.24, 2.45) is 5.92 Å². The molecule has 1 aliphatic rings. The van der Waals surface area contributed by atoms with Gasteiger partial charge in [0.15, 0.2) is 0 Å². The molecule has 0 bridgehead atoms. The lowest BCUT2D eigenvalue weighted by atomic mass is 9.91. The van der Waals surface area contributed by atoms with Crippen LogP contribution in [0.2, 0.25) is 10.0 Å². The van der Waals surface area contributed by atoms with E-state index in [1.165, 1.54) is 7.11 Å². The first-order valence-corrected chi connectivity index (χ1v) is 8.20. The van der Waals surface area contributed by atoms with E-state index in [4.69, 9.17) is 32.7 Å². The van der Waals surface area contributed by atoms with Gasteiger partial charge in [0, 0.05) is 24.8 Å². The highest BCUT2D eigenvalue weighted by atomic mass is 35.5. The zero-order valence-corrected chi connectivity index (χ0v) is 14.7. The van der Waals surface area contributed by atoms with Gasteiger partial charge in [0.2, 0.25) is 0 Å². The fourth-order valence-corrected chi connectivity index (χ4v) is 3.27. The van der Waals surface area contributed by atoms with Crippen molar-refractivity contribution in [2.45, 2.75) is 25.4 Å². The fraction of sp³-hybridized carbons (Fsp3) is 0.562. The van der Waals surface area contributed by atoms with Gasteiger partial charge in [0.25, 0.3) is 0 Å². The molecule has 1 heterocycles. The van der Waals surface area contributed by atoms with Crippen LogP contribution in [0.5, 0.6) is 5.75 Å². The summed E-state index contributed by atoms with van der Waals surface area (Å²) < 4.78 is 10.3. The van der Waals surface area contributed by atoms with Crippen molar-refractivity contribution < 1.29 is 19.4 Å². The molecule has 7 heteroatoms. The quantitative estimate of drug-likeness (QED) is 0.817. The van der Waals surface area contributed by atoms with Crippen molar-refractivity contribution in [1.29, 1.82) is 0 Å². The second kappa shape index (κ2) is 8.20. The topological polar surface area (TPSA) is 59.0 Å². The van der Waals surface area contributed by atoms with Crippen molar-refractivity contribution in [1.82, 2.24) is 4.90 Å². The van der Waals surface area contributed by atoms with Crippen LogP contribution in [0.1, 0.15) is 18.4 Å². The third-order valence-electron chi connectivity index (χ3n) is 4.25. The predicted molar refractivity (Wildman–Crippen MR) is 89.0 cm³/mol. The molecule has 128 valence electrons. The number of nitrogens with zero attached hydrogens (tertiary/aromatic N) is 1. The normalized spacial score (nSPS) is 22.0. The maximum Gasteiger partial charge on any atom is 0.323 e. The first kappa shape index (κ1) is 18.3. The summed E-state index contributed by atoms with van der Waals surface area (Å²) in [4.78, 5) is 14.1. The molecular weight excluding hydrogens is 341 g/mol. The van der Waals surface area contributed by atoms with Crippen LogP contribution in [0.15, 0.2) is 12.1 Å². The minimum absolute atomic E-state index is 0.0808. The molecule has 0 radical (unpaired) electrons. The number of carbonyl (C=O) groups excluding carboxylic acids is 1. The number of rotatable bonds is 5. The highest BCUT2D eigenvalue weighted by Crippen LogP contribution is 2.33. The van der Waals surface area contributed by atoms with E-state index in [-0.39, 0.29) is 24.5 Å². The lowest BCUT2D eigenvalue weighted by Gasteiger charge is -2.37. The van der Waals surface area contributed by atoms with E-state index in [9.17, 15) is 9.90 Å². The van der Waals surface area contributed by atoms with Gasteiger partial charge in [-0.1, -0.05) is 23.2 Å². The molecule has 1 fully saturated rings. The molecule has 1 saturated heterocycles. The Kier molecular flexibility index (Phi) is 6.53. The number of hydrogen-bond acceptors (Lipinski definition) is 5. The number of esters is 1. The van der Waals surface area contributed by atoms with Crippen LogP contribution in [0, 0.1) is 5.92 Å². The Balaban J connectivity index is 2.23. The van der Waals surface area contributed by atoms with Crippen molar-refractivity contribution in [3.8, 4) is 5.75 Å². The second-order valence-corrected chi connectivity index (χ2v) is 6.47. The van der Waals surface area contributed by atoms with Crippen molar-refractivity contribution >= 4 is 29.2 Å². The highest BCUT2D eigenvalue weighted by Gasteiger charge is 2.34. The fourth-order valence-electron chi connectivity index (χ4n) is 2.93. The molecule has 1 aromatic rings. The Morgan fingerprint density at radius 3 is 2.65 bits per heavy atom. The standard InChI is InChI=1S/C16H21Cl2NO4/c1-22-15-7-13(18)12(17)6-11(15)8-19-4-3-10(9-20)5-14(19)16(21)23-2/h6-7,10,14,20H,3-5,8-9H2,1-2H3. The molecule has 1 N–H and O–H groups in total. The summed E-state index contributed by atoms with van der Waals surface area (Å²) >= 11 is 12.1. The third kappa shape index (κ3) is 4.29. The monoisotopic (exact) mass is 361 g/mol. The maximum absolute atomic E-state index is 12.1. The van der Waals surface area contributed by atoms with Crippen molar-refractivity contribution in [3.63, 3.8) is 0 Å². The number of ether oxygens (including phenoxy) is 2. The van der Waals surface area contributed by atoms with Gasteiger partial charge in [0.05, 0.1) is 24.3 Å². The molecule has 2 atom stereocenters. The zero-order valence-electron chi connectivity index (χ0n) is 13.2. The number of benzene rings is 1. The first-order valence-electron chi connectivity index (χ1n) is 7.44. The van der Waals surface area contributed by atoms with Crippen molar-refractivity contribution in [2.75, 3.05) is 27.4 Å². The average molecular weight is 362 g/mol. The molecular formula is C16H21Cl2NO4. The Labute approximate surface area is 146 Å². The molecule has 2 unspecified atom stereocenters. The number of piperidine rings is 1. The number of likely N-dealkylation sites (tertiary alicyclic amines) is 1. The largest absolute Gasteiger partial charge is 0.496 e. The molecule has 0 saturated carbocycles. The Bertz CT molecular complexity index is 567. The number of carbonyl (C=O) groups is 1. The minimum atomic E-state index is -0.384. The van der Waals surface area contributed by atoms with E-state index >= 15 is 0 Å². The third-order valence-corrected chi connectivity index (χ3v) is 4.97. The summed E-state index contributed by atoms with van der Waals surface area (Å²) in [5.74, 6) is 0.459. The SMILES string of the molecule is COC(=O)C1CC(CO)CCN1Cc1cc(Cl)c(Cl)cc1OC. The van der Waals surface area contributed by atoms with Gasteiger partial charge in [0.1, 0.15) is 11.8 Å². The summed E-state index contributed by atoms with van der Waals surface area (Å²) in [5, 5.41) is 10.2. The summed E-state index contributed by atoms with van der Waals surface area (Å²) in [7, 11) is 2.95.